The first-order valence-electron chi connectivity index (χ1n) is 6.36. The molecule has 1 unspecified atom stereocenters. The molecule has 1 aromatic heterocycles. The summed E-state index contributed by atoms with van der Waals surface area (Å²) in [4.78, 5) is 21.9. The van der Waals surface area contributed by atoms with Gasteiger partial charge in [-0.05, 0) is 13.8 Å². The molecule has 21 heavy (non-hydrogen) atoms. The molecule has 2 rings (SSSR count). The SMILES string of the molecule is Cc1nn(C(c2ccccc2)[N+](=O)[O-])c(C)c1CC(=O)O. The molecule has 7 heteroatoms. The van der Waals surface area contributed by atoms with Crippen molar-refractivity contribution in [2.24, 2.45) is 0 Å². The number of rotatable bonds is 5. The lowest BCUT2D eigenvalue weighted by Crippen LogP contribution is -2.22. The molecule has 0 aliphatic rings. The van der Waals surface area contributed by atoms with E-state index >= 15 is 0 Å². The second-order valence-corrected chi connectivity index (χ2v) is 4.73. The molecule has 0 radical (unpaired) electrons. The number of aryl methyl sites for hydroxylation is 1. The molecule has 110 valence electrons. The molecular formula is C14H15N3O4. The molecule has 2 aromatic rings. The minimum absolute atomic E-state index is 0.198. The Hall–Kier alpha value is -2.70. The number of carbonyl (C=O) groups is 1. The summed E-state index contributed by atoms with van der Waals surface area (Å²) in [6.07, 6.45) is -1.36. The van der Waals surface area contributed by atoms with Gasteiger partial charge in [-0.15, -0.1) is 0 Å². The minimum atomic E-state index is -1.16. The number of nitrogens with zero attached hydrogens (tertiary/aromatic N) is 3. The maximum Gasteiger partial charge on any atom is 0.331 e. The van der Waals surface area contributed by atoms with Gasteiger partial charge in [0.1, 0.15) is 0 Å². The van der Waals surface area contributed by atoms with Crippen LogP contribution in [0.15, 0.2) is 30.3 Å². The molecule has 7 nitrogen and oxygen atoms in total. The van der Waals surface area contributed by atoms with Gasteiger partial charge in [-0.2, -0.15) is 9.78 Å². The zero-order chi connectivity index (χ0) is 15.6. The van der Waals surface area contributed by atoms with Crippen molar-refractivity contribution in [1.29, 1.82) is 0 Å². The van der Waals surface area contributed by atoms with Gasteiger partial charge in [0.05, 0.1) is 17.0 Å². The Bertz CT molecular complexity index is 679. The van der Waals surface area contributed by atoms with Crippen LogP contribution in [-0.2, 0) is 11.2 Å². The van der Waals surface area contributed by atoms with E-state index in [0.717, 1.165) is 0 Å². The van der Waals surface area contributed by atoms with E-state index in [1.54, 1.807) is 44.2 Å². The Balaban J connectivity index is 2.52. The Morgan fingerprint density at radius 1 is 1.38 bits per heavy atom. The average Bonchev–Trinajstić information content (AvgIpc) is 2.68. The highest BCUT2D eigenvalue weighted by atomic mass is 16.6. The van der Waals surface area contributed by atoms with Gasteiger partial charge < -0.3 is 5.11 Å². The maximum atomic E-state index is 11.4. The van der Waals surface area contributed by atoms with Gasteiger partial charge >= 0.3 is 12.1 Å². The van der Waals surface area contributed by atoms with Crippen molar-refractivity contribution in [1.82, 2.24) is 9.78 Å². The predicted octanol–water partition coefficient (Wildman–Crippen LogP) is 1.95. The lowest BCUT2D eigenvalue weighted by molar-refractivity contribution is -0.538. The van der Waals surface area contributed by atoms with Crippen molar-refractivity contribution < 1.29 is 14.8 Å². The van der Waals surface area contributed by atoms with Crippen molar-refractivity contribution >= 4 is 5.97 Å². The number of aliphatic carboxylic acids is 1. The fourth-order valence-electron chi connectivity index (χ4n) is 2.32. The Labute approximate surface area is 121 Å². The van der Waals surface area contributed by atoms with Gasteiger partial charge in [0.15, 0.2) is 0 Å². The van der Waals surface area contributed by atoms with Crippen LogP contribution in [0.3, 0.4) is 0 Å². The topological polar surface area (TPSA) is 98.3 Å². The van der Waals surface area contributed by atoms with E-state index < -0.39 is 17.1 Å². The molecule has 1 aromatic carbocycles. The summed E-state index contributed by atoms with van der Waals surface area (Å²) in [5.74, 6) is -0.988. The molecule has 0 saturated carbocycles. The van der Waals surface area contributed by atoms with Crippen LogP contribution >= 0.6 is 0 Å². The predicted molar refractivity (Wildman–Crippen MR) is 74.6 cm³/mol. The summed E-state index contributed by atoms with van der Waals surface area (Å²) >= 11 is 0. The van der Waals surface area contributed by atoms with Crippen LogP contribution in [0.2, 0.25) is 0 Å². The van der Waals surface area contributed by atoms with E-state index in [2.05, 4.69) is 5.10 Å². The molecular weight excluding hydrogens is 274 g/mol. The van der Waals surface area contributed by atoms with Crippen LogP contribution in [0.25, 0.3) is 0 Å². The standard InChI is InChI=1S/C14H15N3O4/c1-9-12(8-13(18)19)10(2)16(15-9)14(17(20)21)11-6-4-3-5-7-11/h3-7,14H,8H2,1-2H3,(H,18,19). The second kappa shape index (κ2) is 5.74. The van der Waals surface area contributed by atoms with Gasteiger partial charge in [-0.1, -0.05) is 30.3 Å². The summed E-state index contributed by atoms with van der Waals surface area (Å²) in [6.45, 7) is 3.31. The number of benzene rings is 1. The Morgan fingerprint density at radius 3 is 2.52 bits per heavy atom. The summed E-state index contributed by atoms with van der Waals surface area (Å²) in [5, 5.41) is 24.5. The van der Waals surface area contributed by atoms with Crippen LogP contribution in [0.1, 0.15) is 28.7 Å². The van der Waals surface area contributed by atoms with Gasteiger partial charge in [0.25, 0.3) is 0 Å². The first-order valence-corrected chi connectivity index (χ1v) is 6.36. The van der Waals surface area contributed by atoms with Crippen molar-refractivity contribution in [3.63, 3.8) is 0 Å². The minimum Gasteiger partial charge on any atom is -0.481 e. The first-order chi connectivity index (χ1) is 9.91. The molecule has 0 bridgehead atoms. The lowest BCUT2D eigenvalue weighted by atomic mass is 10.1. The fourth-order valence-corrected chi connectivity index (χ4v) is 2.32. The van der Waals surface area contributed by atoms with Gasteiger partial charge in [-0.25, -0.2) is 0 Å². The van der Waals surface area contributed by atoms with E-state index in [9.17, 15) is 14.9 Å². The summed E-state index contributed by atoms with van der Waals surface area (Å²) in [7, 11) is 0. The van der Waals surface area contributed by atoms with Crippen LogP contribution in [0.4, 0.5) is 0 Å². The number of carboxylic acid groups (broad SMARTS) is 1. The highest BCUT2D eigenvalue weighted by Gasteiger charge is 2.29. The summed E-state index contributed by atoms with van der Waals surface area (Å²) < 4.78 is 1.28. The Kier molecular flexibility index (Phi) is 4.02. The van der Waals surface area contributed by atoms with Crippen LogP contribution in [0.5, 0.6) is 0 Å². The number of hydrogen-bond donors (Lipinski definition) is 1. The molecule has 0 amide bonds. The van der Waals surface area contributed by atoms with Crippen LogP contribution in [-0.4, -0.2) is 25.8 Å². The third kappa shape index (κ3) is 2.91. The zero-order valence-electron chi connectivity index (χ0n) is 11.7. The highest BCUT2D eigenvalue weighted by Crippen LogP contribution is 2.24. The maximum absolute atomic E-state index is 11.4. The van der Waals surface area contributed by atoms with Crippen molar-refractivity contribution in [2.75, 3.05) is 0 Å². The Morgan fingerprint density at radius 2 is 2.00 bits per heavy atom. The molecule has 0 spiro atoms. The van der Waals surface area contributed by atoms with E-state index in [-0.39, 0.29) is 6.42 Å². The molecule has 0 aliphatic heterocycles. The normalized spacial score (nSPS) is 12.1. The smallest absolute Gasteiger partial charge is 0.331 e. The molecule has 0 saturated heterocycles. The second-order valence-electron chi connectivity index (χ2n) is 4.73. The van der Waals surface area contributed by atoms with E-state index in [1.807, 2.05) is 0 Å². The summed E-state index contributed by atoms with van der Waals surface area (Å²) in [5.41, 5.74) is 2.01. The highest BCUT2D eigenvalue weighted by molar-refractivity contribution is 5.71. The molecule has 1 N–H and O–H groups in total. The van der Waals surface area contributed by atoms with Gasteiger partial charge in [-0.3, -0.25) is 14.9 Å². The van der Waals surface area contributed by atoms with Crippen molar-refractivity contribution in [2.45, 2.75) is 26.4 Å². The number of nitro groups is 1. The molecule has 1 atom stereocenters. The quantitative estimate of drug-likeness (QED) is 0.670. The van der Waals surface area contributed by atoms with Crippen molar-refractivity contribution in [3.05, 3.63) is 63.0 Å². The number of carboxylic acids is 1. The van der Waals surface area contributed by atoms with E-state index in [0.29, 0.717) is 22.5 Å². The fraction of sp³-hybridized carbons (Fsp3) is 0.286. The first kappa shape index (κ1) is 14.7. The van der Waals surface area contributed by atoms with Crippen LogP contribution in [0, 0.1) is 24.0 Å². The molecule has 1 heterocycles. The molecule has 0 fully saturated rings. The summed E-state index contributed by atoms with van der Waals surface area (Å²) in [6, 6.07) is 8.52. The van der Waals surface area contributed by atoms with Crippen molar-refractivity contribution in [3.8, 4) is 0 Å². The third-order valence-corrected chi connectivity index (χ3v) is 3.33. The zero-order valence-corrected chi connectivity index (χ0v) is 11.7. The monoisotopic (exact) mass is 289 g/mol. The average molecular weight is 289 g/mol. The number of aromatic nitrogens is 2. The van der Waals surface area contributed by atoms with Crippen LogP contribution < -0.4 is 0 Å². The molecule has 0 aliphatic carbocycles. The van der Waals surface area contributed by atoms with Gasteiger partial charge in [0.2, 0.25) is 0 Å². The van der Waals surface area contributed by atoms with E-state index in [1.165, 1.54) is 4.68 Å². The van der Waals surface area contributed by atoms with E-state index in [4.69, 9.17) is 5.11 Å². The largest absolute Gasteiger partial charge is 0.481 e. The third-order valence-electron chi connectivity index (χ3n) is 3.33. The number of hydrogen-bond acceptors (Lipinski definition) is 4. The van der Waals surface area contributed by atoms with Gasteiger partial charge in [0, 0.05) is 16.8 Å². The lowest BCUT2D eigenvalue weighted by Gasteiger charge is -2.12.